The van der Waals surface area contributed by atoms with Crippen LogP contribution in [0.1, 0.15) is 30.9 Å². The molecule has 2 nitrogen and oxygen atoms in total. The van der Waals surface area contributed by atoms with Crippen LogP contribution in [0.2, 0.25) is 0 Å². The molecule has 0 spiro atoms. The first-order valence-corrected chi connectivity index (χ1v) is 6.41. The summed E-state index contributed by atoms with van der Waals surface area (Å²) in [5.74, 6) is 0. The number of amides is 1. The maximum absolute atomic E-state index is 10.9. The second-order valence-electron chi connectivity index (χ2n) is 3.95. The van der Waals surface area contributed by atoms with Crippen molar-refractivity contribution in [2.24, 2.45) is 0 Å². The Labute approximate surface area is 106 Å². The maximum Gasteiger partial charge on any atom is 0.210 e. The van der Waals surface area contributed by atoms with Crippen molar-refractivity contribution in [2.75, 3.05) is 6.54 Å². The highest BCUT2D eigenvalue weighted by Gasteiger charge is 2.06. The Morgan fingerprint density at radius 1 is 1.44 bits per heavy atom. The van der Waals surface area contributed by atoms with Crippen molar-refractivity contribution < 1.29 is 4.79 Å². The van der Waals surface area contributed by atoms with Gasteiger partial charge in [0.2, 0.25) is 6.41 Å². The Kier molecular flexibility index (Phi) is 5.53. The lowest BCUT2D eigenvalue weighted by molar-refractivity contribution is -0.118. The molecule has 0 N–H and O–H groups in total. The van der Waals surface area contributed by atoms with Gasteiger partial charge in [-0.1, -0.05) is 41.4 Å². The van der Waals surface area contributed by atoms with Gasteiger partial charge in [0.1, 0.15) is 0 Å². The fourth-order valence-electron chi connectivity index (χ4n) is 1.57. The number of halogens is 1. The first-order valence-electron chi connectivity index (χ1n) is 5.62. The molecule has 3 heteroatoms. The molecule has 0 heterocycles. The van der Waals surface area contributed by atoms with Gasteiger partial charge in [-0.05, 0) is 30.5 Å². The van der Waals surface area contributed by atoms with Gasteiger partial charge in [-0.25, -0.2) is 0 Å². The Bertz CT molecular complexity index is 352. The van der Waals surface area contributed by atoms with E-state index in [0.717, 1.165) is 30.3 Å². The number of hydrogen-bond donors (Lipinski definition) is 0. The first-order chi connectivity index (χ1) is 7.69. The highest BCUT2D eigenvalue weighted by molar-refractivity contribution is 9.10. The molecular formula is C13H18BrNO. The van der Waals surface area contributed by atoms with Crippen LogP contribution in [0.3, 0.4) is 0 Å². The van der Waals surface area contributed by atoms with Crippen molar-refractivity contribution in [3.63, 3.8) is 0 Å². The smallest absolute Gasteiger partial charge is 0.210 e. The zero-order chi connectivity index (χ0) is 12.0. The van der Waals surface area contributed by atoms with E-state index in [9.17, 15) is 4.79 Å². The second kappa shape index (κ2) is 6.69. The molecule has 0 aromatic heterocycles. The van der Waals surface area contributed by atoms with E-state index in [2.05, 4.69) is 35.8 Å². The van der Waals surface area contributed by atoms with Gasteiger partial charge < -0.3 is 4.90 Å². The van der Waals surface area contributed by atoms with Crippen LogP contribution in [-0.2, 0) is 11.3 Å². The predicted octanol–water partition coefficient (Wildman–Crippen LogP) is 3.52. The number of benzene rings is 1. The van der Waals surface area contributed by atoms with E-state index < -0.39 is 0 Å². The normalized spacial score (nSPS) is 10.2. The first kappa shape index (κ1) is 13.2. The van der Waals surface area contributed by atoms with E-state index in [-0.39, 0.29) is 0 Å². The quantitative estimate of drug-likeness (QED) is 0.732. The summed E-state index contributed by atoms with van der Waals surface area (Å²) in [6.07, 6.45) is 3.11. The summed E-state index contributed by atoms with van der Waals surface area (Å²) >= 11 is 3.50. The van der Waals surface area contributed by atoms with Crippen LogP contribution in [0.5, 0.6) is 0 Å². The molecule has 88 valence electrons. The molecule has 0 unspecified atom stereocenters. The zero-order valence-electron chi connectivity index (χ0n) is 9.87. The summed E-state index contributed by atoms with van der Waals surface area (Å²) in [4.78, 5) is 12.8. The van der Waals surface area contributed by atoms with Crippen molar-refractivity contribution in [2.45, 2.75) is 33.2 Å². The Balaban J connectivity index is 2.70. The number of nitrogens with zero attached hydrogens (tertiary/aromatic N) is 1. The molecule has 1 aromatic rings. The second-order valence-corrected chi connectivity index (χ2v) is 4.81. The van der Waals surface area contributed by atoms with Crippen molar-refractivity contribution in [3.05, 3.63) is 33.8 Å². The minimum Gasteiger partial charge on any atom is -0.341 e. The van der Waals surface area contributed by atoms with Crippen LogP contribution in [0.25, 0.3) is 0 Å². The van der Waals surface area contributed by atoms with Crippen LogP contribution >= 0.6 is 15.9 Å². The Morgan fingerprint density at radius 2 is 2.19 bits per heavy atom. The van der Waals surface area contributed by atoms with Crippen molar-refractivity contribution in [1.82, 2.24) is 4.90 Å². The number of carbonyl (C=O) groups is 1. The predicted molar refractivity (Wildman–Crippen MR) is 70.3 cm³/mol. The molecule has 1 rings (SSSR count). The number of hydrogen-bond acceptors (Lipinski definition) is 1. The molecule has 16 heavy (non-hydrogen) atoms. The third-order valence-electron chi connectivity index (χ3n) is 2.70. The fraction of sp³-hybridized carbons (Fsp3) is 0.462. The molecular weight excluding hydrogens is 266 g/mol. The lowest BCUT2D eigenvalue weighted by Crippen LogP contribution is -2.22. The summed E-state index contributed by atoms with van der Waals surface area (Å²) in [7, 11) is 0. The minimum absolute atomic E-state index is 0.703. The highest BCUT2D eigenvalue weighted by atomic mass is 79.9. The monoisotopic (exact) mass is 283 g/mol. The summed E-state index contributed by atoms with van der Waals surface area (Å²) in [6, 6.07) is 6.11. The molecule has 0 aliphatic rings. The molecule has 1 aromatic carbocycles. The van der Waals surface area contributed by atoms with E-state index >= 15 is 0 Å². The fourth-order valence-corrected chi connectivity index (χ4v) is 1.98. The van der Waals surface area contributed by atoms with E-state index in [0.29, 0.717) is 6.54 Å². The number of carbonyl (C=O) groups excluding carboxylic acids is 1. The lowest BCUT2D eigenvalue weighted by atomic mass is 10.1. The molecule has 0 atom stereocenters. The molecule has 0 bridgehead atoms. The maximum atomic E-state index is 10.9. The van der Waals surface area contributed by atoms with E-state index in [4.69, 9.17) is 0 Å². The Morgan fingerprint density at radius 3 is 2.81 bits per heavy atom. The van der Waals surface area contributed by atoms with Gasteiger partial charge >= 0.3 is 0 Å². The molecule has 0 saturated heterocycles. The summed E-state index contributed by atoms with van der Waals surface area (Å²) in [6.45, 7) is 5.75. The van der Waals surface area contributed by atoms with Gasteiger partial charge in [0, 0.05) is 17.6 Å². The third kappa shape index (κ3) is 3.63. The van der Waals surface area contributed by atoms with Crippen LogP contribution in [0, 0.1) is 6.92 Å². The van der Waals surface area contributed by atoms with Crippen LogP contribution < -0.4 is 0 Å². The Hall–Kier alpha value is -0.830. The van der Waals surface area contributed by atoms with Gasteiger partial charge in [-0.2, -0.15) is 0 Å². The van der Waals surface area contributed by atoms with Crippen LogP contribution in [-0.4, -0.2) is 17.9 Å². The van der Waals surface area contributed by atoms with Crippen molar-refractivity contribution in [1.29, 1.82) is 0 Å². The molecule has 1 amide bonds. The van der Waals surface area contributed by atoms with Gasteiger partial charge in [0.15, 0.2) is 0 Å². The topological polar surface area (TPSA) is 20.3 Å². The molecule has 0 fully saturated rings. The highest BCUT2D eigenvalue weighted by Crippen LogP contribution is 2.20. The standard InChI is InChI=1S/C13H18BrNO/c1-3-4-8-15(10-16)9-12-6-5-7-13(14)11(12)2/h5-7,10H,3-4,8-9H2,1-2H3. The third-order valence-corrected chi connectivity index (χ3v) is 3.56. The van der Waals surface area contributed by atoms with Gasteiger partial charge in [-0.15, -0.1) is 0 Å². The molecule has 0 radical (unpaired) electrons. The zero-order valence-corrected chi connectivity index (χ0v) is 11.5. The summed E-state index contributed by atoms with van der Waals surface area (Å²) in [5, 5.41) is 0. The SMILES string of the molecule is CCCCN(C=O)Cc1cccc(Br)c1C. The molecule has 0 aliphatic heterocycles. The average molecular weight is 284 g/mol. The van der Waals surface area contributed by atoms with Crippen LogP contribution in [0.15, 0.2) is 22.7 Å². The van der Waals surface area contributed by atoms with E-state index in [1.807, 2.05) is 17.0 Å². The molecule has 0 aliphatic carbocycles. The summed E-state index contributed by atoms with van der Waals surface area (Å²) in [5.41, 5.74) is 2.42. The van der Waals surface area contributed by atoms with Crippen LogP contribution in [0.4, 0.5) is 0 Å². The van der Waals surface area contributed by atoms with Gasteiger partial charge in [0.25, 0.3) is 0 Å². The largest absolute Gasteiger partial charge is 0.341 e. The van der Waals surface area contributed by atoms with E-state index in [1.54, 1.807) is 0 Å². The average Bonchev–Trinajstić information content (AvgIpc) is 2.30. The number of unbranched alkanes of at least 4 members (excludes halogenated alkanes) is 1. The molecule has 0 saturated carbocycles. The lowest BCUT2D eigenvalue weighted by Gasteiger charge is -2.18. The number of rotatable bonds is 6. The van der Waals surface area contributed by atoms with E-state index in [1.165, 1.54) is 11.1 Å². The van der Waals surface area contributed by atoms with Crippen molar-refractivity contribution in [3.8, 4) is 0 Å². The van der Waals surface area contributed by atoms with Crippen molar-refractivity contribution >= 4 is 22.3 Å². The summed E-state index contributed by atoms with van der Waals surface area (Å²) < 4.78 is 1.10. The minimum atomic E-state index is 0.703. The van der Waals surface area contributed by atoms with Gasteiger partial charge in [0.05, 0.1) is 0 Å². The van der Waals surface area contributed by atoms with Gasteiger partial charge in [-0.3, -0.25) is 4.79 Å².